The molecular formula is C15H19NO4. The number of Topliss-reactive ketones (excluding diaryl/α,β-unsaturated/α-hetero) is 1. The van der Waals surface area contributed by atoms with Crippen LogP contribution >= 0.6 is 0 Å². The predicted molar refractivity (Wildman–Crippen MR) is 75.0 cm³/mol. The molecule has 1 aromatic carbocycles. The molecule has 0 aliphatic rings. The number of benzene rings is 1. The highest BCUT2D eigenvalue weighted by Gasteiger charge is 2.20. The Morgan fingerprint density at radius 3 is 2.75 bits per heavy atom. The summed E-state index contributed by atoms with van der Waals surface area (Å²) in [6.45, 7) is 7.14. The second kappa shape index (κ2) is 5.25. The number of ketones is 1. The molecule has 108 valence electrons. The SMILES string of the molecule is CC(C)C(=O)c1onc2cc(OCC(C)(C)O)ccc12. The van der Waals surface area contributed by atoms with Crippen LogP contribution in [0, 0.1) is 5.92 Å². The standard InChI is InChI=1S/C15H19NO4/c1-9(2)13(17)14-11-6-5-10(7-12(11)16-20-14)19-8-15(3,4)18/h5-7,9,18H,8H2,1-4H3. The second-order valence-electron chi connectivity index (χ2n) is 5.81. The van der Waals surface area contributed by atoms with Gasteiger partial charge in [0, 0.05) is 12.0 Å². The number of aliphatic hydroxyl groups is 1. The molecule has 2 aromatic rings. The van der Waals surface area contributed by atoms with Crippen LogP contribution in [0.5, 0.6) is 5.75 Å². The van der Waals surface area contributed by atoms with Gasteiger partial charge in [0.15, 0.2) is 0 Å². The number of hydrogen-bond donors (Lipinski definition) is 1. The molecule has 0 saturated carbocycles. The van der Waals surface area contributed by atoms with Gasteiger partial charge in [-0.05, 0) is 26.0 Å². The van der Waals surface area contributed by atoms with Crippen LogP contribution in [0.3, 0.4) is 0 Å². The number of rotatable bonds is 5. The van der Waals surface area contributed by atoms with E-state index in [1.165, 1.54) is 0 Å². The largest absolute Gasteiger partial charge is 0.491 e. The molecule has 0 saturated heterocycles. The van der Waals surface area contributed by atoms with Gasteiger partial charge in [-0.25, -0.2) is 0 Å². The number of carbonyl (C=O) groups excluding carboxylic acids is 1. The minimum absolute atomic E-state index is 0.0716. The van der Waals surface area contributed by atoms with Crippen molar-refractivity contribution in [1.82, 2.24) is 5.16 Å². The van der Waals surface area contributed by atoms with Crippen molar-refractivity contribution in [3.63, 3.8) is 0 Å². The van der Waals surface area contributed by atoms with Gasteiger partial charge in [-0.3, -0.25) is 4.79 Å². The van der Waals surface area contributed by atoms with E-state index in [0.29, 0.717) is 16.7 Å². The zero-order chi connectivity index (χ0) is 14.9. The van der Waals surface area contributed by atoms with E-state index in [4.69, 9.17) is 9.26 Å². The van der Waals surface area contributed by atoms with E-state index in [9.17, 15) is 9.90 Å². The van der Waals surface area contributed by atoms with Crippen molar-refractivity contribution < 1.29 is 19.2 Å². The van der Waals surface area contributed by atoms with Gasteiger partial charge in [0.25, 0.3) is 0 Å². The summed E-state index contributed by atoms with van der Waals surface area (Å²) in [4.78, 5) is 12.0. The Labute approximate surface area is 117 Å². The lowest BCUT2D eigenvalue weighted by atomic mass is 10.0. The van der Waals surface area contributed by atoms with Crippen molar-refractivity contribution in [3.05, 3.63) is 24.0 Å². The molecule has 2 rings (SSSR count). The molecule has 0 fully saturated rings. The monoisotopic (exact) mass is 277 g/mol. The third-order valence-corrected chi connectivity index (χ3v) is 2.79. The first kappa shape index (κ1) is 14.5. The van der Waals surface area contributed by atoms with Crippen molar-refractivity contribution in [1.29, 1.82) is 0 Å². The minimum Gasteiger partial charge on any atom is -0.491 e. The lowest BCUT2D eigenvalue weighted by Crippen LogP contribution is -2.27. The molecule has 1 N–H and O–H groups in total. The molecule has 1 aromatic heterocycles. The average Bonchev–Trinajstić information content (AvgIpc) is 2.77. The van der Waals surface area contributed by atoms with E-state index >= 15 is 0 Å². The van der Waals surface area contributed by atoms with Gasteiger partial charge in [0.1, 0.15) is 17.9 Å². The van der Waals surface area contributed by atoms with Crippen LogP contribution in [0.4, 0.5) is 0 Å². The number of aromatic nitrogens is 1. The smallest absolute Gasteiger partial charge is 0.210 e. The fraction of sp³-hybridized carbons (Fsp3) is 0.467. The van der Waals surface area contributed by atoms with Crippen molar-refractivity contribution in [2.75, 3.05) is 6.61 Å². The summed E-state index contributed by atoms with van der Waals surface area (Å²) in [5, 5.41) is 14.2. The van der Waals surface area contributed by atoms with Crippen molar-refractivity contribution in [2.45, 2.75) is 33.3 Å². The van der Waals surface area contributed by atoms with E-state index in [-0.39, 0.29) is 24.1 Å². The molecule has 20 heavy (non-hydrogen) atoms. The number of carbonyl (C=O) groups is 1. The summed E-state index contributed by atoms with van der Waals surface area (Å²) in [7, 11) is 0. The van der Waals surface area contributed by atoms with Crippen molar-refractivity contribution in [3.8, 4) is 5.75 Å². The number of fused-ring (bicyclic) bond motifs is 1. The van der Waals surface area contributed by atoms with Gasteiger partial charge < -0.3 is 14.4 Å². The van der Waals surface area contributed by atoms with Crippen molar-refractivity contribution >= 4 is 16.7 Å². The van der Waals surface area contributed by atoms with Gasteiger partial charge in [-0.1, -0.05) is 19.0 Å². The van der Waals surface area contributed by atoms with E-state index in [0.717, 1.165) is 0 Å². The third kappa shape index (κ3) is 3.17. The molecule has 0 unspecified atom stereocenters. The Bertz CT molecular complexity index is 622. The summed E-state index contributed by atoms with van der Waals surface area (Å²) in [5.74, 6) is 0.649. The molecule has 0 spiro atoms. The zero-order valence-electron chi connectivity index (χ0n) is 12.1. The van der Waals surface area contributed by atoms with Gasteiger partial charge >= 0.3 is 0 Å². The molecule has 0 amide bonds. The molecule has 0 aliphatic carbocycles. The van der Waals surface area contributed by atoms with Crippen molar-refractivity contribution in [2.24, 2.45) is 5.92 Å². The Balaban J connectivity index is 2.26. The van der Waals surface area contributed by atoms with Crippen LogP contribution in [-0.4, -0.2) is 28.3 Å². The summed E-state index contributed by atoms with van der Waals surface area (Å²) >= 11 is 0. The lowest BCUT2D eigenvalue weighted by Gasteiger charge is -2.17. The maximum absolute atomic E-state index is 12.0. The second-order valence-corrected chi connectivity index (χ2v) is 5.81. The summed E-state index contributed by atoms with van der Waals surface area (Å²) in [6.07, 6.45) is 0. The first-order valence-electron chi connectivity index (χ1n) is 6.57. The number of hydrogen-bond acceptors (Lipinski definition) is 5. The van der Waals surface area contributed by atoms with Gasteiger partial charge in [-0.15, -0.1) is 0 Å². The van der Waals surface area contributed by atoms with Gasteiger partial charge in [0.05, 0.1) is 11.0 Å². The van der Waals surface area contributed by atoms with E-state index in [1.54, 1.807) is 32.0 Å². The first-order valence-corrected chi connectivity index (χ1v) is 6.57. The first-order chi connectivity index (χ1) is 9.28. The number of ether oxygens (including phenoxy) is 1. The maximum Gasteiger partial charge on any atom is 0.210 e. The molecule has 0 aliphatic heterocycles. The van der Waals surface area contributed by atoms with E-state index in [2.05, 4.69) is 5.16 Å². The van der Waals surface area contributed by atoms with E-state index < -0.39 is 5.60 Å². The van der Waals surface area contributed by atoms with Crippen LogP contribution in [0.25, 0.3) is 10.9 Å². The summed E-state index contributed by atoms with van der Waals surface area (Å²) in [6, 6.07) is 5.19. The Morgan fingerprint density at radius 2 is 2.15 bits per heavy atom. The lowest BCUT2D eigenvalue weighted by molar-refractivity contribution is 0.0285. The van der Waals surface area contributed by atoms with Crippen LogP contribution in [-0.2, 0) is 0 Å². The minimum atomic E-state index is -0.905. The molecule has 5 heteroatoms. The predicted octanol–water partition coefficient (Wildman–Crippen LogP) is 2.82. The van der Waals surface area contributed by atoms with Gasteiger partial charge in [-0.2, -0.15) is 0 Å². The molecule has 1 heterocycles. The van der Waals surface area contributed by atoms with Crippen LogP contribution in [0.15, 0.2) is 22.7 Å². The molecular weight excluding hydrogens is 258 g/mol. The quantitative estimate of drug-likeness (QED) is 0.851. The van der Waals surface area contributed by atoms with Crippen LogP contribution in [0.2, 0.25) is 0 Å². The highest BCUT2D eigenvalue weighted by molar-refractivity contribution is 6.05. The third-order valence-electron chi connectivity index (χ3n) is 2.79. The topological polar surface area (TPSA) is 72.6 Å². The Hall–Kier alpha value is -1.88. The summed E-state index contributed by atoms with van der Waals surface area (Å²) in [5.41, 5.74) is -0.334. The van der Waals surface area contributed by atoms with Crippen LogP contribution < -0.4 is 4.74 Å². The van der Waals surface area contributed by atoms with Crippen LogP contribution in [0.1, 0.15) is 38.2 Å². The average molecular weight is 277 g/mol. The molecule has 0 atom stereocenters. The highest BCUT2D eigenvalue weighted by atomic mass is 16.5. The highest BCUT2D eigenvalue weighted by Crippen LogP contribution is 2.25. The molecule has 5 nitrogen and oxygen atoms in total. The molecule has 0 bridgehead atoms. The normalized spacial score (nSPS) is 12.1. The molecule has 0 radical (unpaired) electrons. The zero-order valence-corrected chi connectivity index (χ0v) is 12.1. The Morgan fingerprint density at radius 1 is 1.45 bits per heavy atom. The Kier molecular flexibility index (Phi) is 3.81. The van der Waals surface area contributed by atoms with E-state index in [1.807, 2.05) is 13.8 Å². The fourth-order valence-electron chi connectivity index (χ4n) is 1.71. The number of nitrogens with zero attached hydrogens (tertiary/aromatic N) is 1. The summed E-state index contributed by atoms with van der Waals surface area (Å²) < 4.78 is 10.6. The fourth-order valence-corrected chi connectivity index (χ4v) is 1.71. The van der Waals surface area contributed by atoms with Gasteiger partial charge in [0.2, 0.25) is 11.5 Å². The maximum atomic E-state index is 12.0.